The van der Waals surface area contributed by atoms with Crippen molar-refractivity contribution < 1.29 is 14.6 Å². The molecule has 0 radical (unpaired) electrons. The van der Waals surface area contributed by atoms with Crippen molar-refractivity contribution in [1.29, 1.82) is 0 Å². The van der Waals surface area contributed by atoms with Crippen LogP contribution in [-0.2, 0) is 9.53 Å². The van der Waals surface area contributed by atoms with E-state index in [2.05, 4.69) is 26.3 Å². The zero-order valence-corrected chi connectivity index (χ0v) is 8.32. The van der Waals surface area contributed by atoms with Crippen LogP contribution in [0.2, 0.25) is 0 Å². The third-order valence-electron chi connectivity index (χ3n) is 0.882. The molecular weight excluding hydrogens is 168 g/mol. The molecule has 0 aliphatic heterocycles. The average Bonchev–Trinajstić information content (AvgIpc) is 2.20. The number of hydrogen-bond donors (Lipinski definition) is 1. The summed E-state index contributed by atoms with van der Waals surface area (Å²) in [6, 6.07) is 0. The van der Waals surface area contributed by atoms with Gasteiger partial charge < -0.3 is 9.84 Å². The molecule has 0 aliphatic carbocycles. The summed E-state index contributed by atoms with van der Waals surface area (Å²) in [5.41, 5.74) is 0. The van der Waals surface area contributed by atoms with Gasteiger partial charge in [0.05, 0.1) is 6.10 Å². The average molecular weight is 186 g/mol. The first kappa shape index (κ1) is 17.7. The van der Waals surface area contributed by atoms with Crippen LogP contribution in [0.4, 0.5) is 0 Å². The Hall–Kier alpha value is -1.35. The molecule has 76 valence electrons. The van der Waals surface area contributed by atoms with Crippen LogP contribution < -0.4 is 0 Å². The Labute approximate surface area is 80.0 Å². The van der Waals surface area contributed by atoms with Gasteiger partial charge in [-0.1, -0.05) is 0 Å². The molecule has 0 aliphatic rings. The predicted octanol–water partition coefficient (Wildman–Crippen LogP) is 2.27. The van der Waals surface area contributed by atoms with Gasteiger partial charge in [0, 0.05) is 13.2 Å². The molecule has 0 saturated heterocycles. The molecule has 0 fully saturated rings. The maximum Gasteiger partial charge on any atom is 0.328 e. The van der Waals surface area contributed by atoms with E-state index in [4.69, 9.17) is 9.84 Å². The number of carbonyl (C=O) groups is 1. The van der Waals surface area contributed by atoms with Gasteiger partial charge in [-0.15, -0.1) is 26.3 Å². The molecule has 0 bridgehead atoms. The topological polar surface area (TPSA) is 46.5 Å². The van der Waals surface area contributed by atoms with Gasteiger partial charge in [0.2, 0.25) is 0 Å². The lowest BCUT2D eigenvalue weighted by Crippen LogP contribution is -2.00. The number of carboxylic acids is 1. The normalized spacial score (nSPS) is 10.3. The van der Waals surface area contributed by atoms with Crippen molar-refractivity contribution in [2.75, 3.05) is 7.11 Å². The number of methoxy groups -OCH3 is 1. The summed E-state index contributed by atoms with van der Waals surface area (Å²) in [5.74, 6) is -0.945. The molecule has 1 unspecified atom stereocenters. The molecule has 3 nitrogen and oxygen atoms in total. The molecule has 0 heterocycles. The fourth-order valence-corrected chi connectivity index (χ4v) is 0.296. The van der Waals surface area contributed by atoms with Gasteiger partial charge in [0.15, 0.2) is 0 Å². The van der Waals surface area contributed by atoms with E-state index in [1.54, 1.807) is 6.92 Å². The van der Waals surface area contributed by atoms with Crippen molar-refractivity contribution in [3.05, 3.63) is 38.5 Å². The molecule has 0 amide bonds. The Kier molecular flexibility index (Phi) is 23.0. The second-order valence-electron chi connectivity index (χ2n) is 1.64. The number of aliphatic carboxylic acids is 1. The summed E-state index contributed by atoms with van der Waals surface area (Å²) in [6.45, 7) is 13.8. The van der Waals surface area contributed by atoms with Crippen LogP contribution in [0.3, 0.4) is 0 Å². The van der Waals surface area contributed by atoms with Gasteiger partial charge >= 0.3 is 5.97 Å². The number of carboxylic acid groups (broad SMARTS) is 1. The summed E-state index contributed by atoms with van der Waals surface area (Å²) in [7, 11) is 1.52. The first-order chi connectivity index (χ1) is 6.16. The van der Waals surface area contributed by atoms with E-state index in [1.165, 1.54) is 13.2 Å². The van der Waals surface area contributed by atoms with E-state index < -0.39 is 5.97 Å². The predicted molar refractivity (Wildman–Crippen MR) is 55.8 cm³/mol. The van der Waals surface area contributed by atoms with Crippen LogP contribution in [0.25, 0.3) is 0 Å². The molecule has 0 spiro atoms. The molecule has 13 heavy (non-hydrogen) atoms. The van der Waals surface area contributed by atoms with E-state index in [0.717, 1.165) is 6.08 Å². The highest BCUT2D eigenvalue weighted by Crippen LogP contribution is 1.88. The molecular formula is C10H18O3. The summed E-state index contributed by atoms with van der Waals surface area (Å²) in [4.78, 5) is 9.88. The Balaban J connectivity index is -0.000000218. The molecule has 3 heteroatoms. The van der Waals surface area contributed by atoms with Crippen molar-refractivity contribution in [1.82, 2.24) is 0 Å². The standard InChI is InChI=1S/C6H10O3.2C2H4/c1-5(9-2)3-4-6(7)8;2*1-2/h3-5H,1-2H3,(H,7,8);2*1-2H2. The van der Waals surface area contributed by atoms with E-state index in [0.29, 0.717) is 0 Å². The third kappa shape index (κ3) is 25.0. The highest BCUT2D eigenvalue weighted by molar-refractivity contribution is 5.79. The number of ether oxygens (including phenoxy) is 1. The van der Waals surface area contributed by atoms with E-state index in [9.17, 15) is 4.79 Å². The highest BCUT2D eigenvalue weighted by Gasteiger charge is 1.91. The monoisotopic (exact) mass is 186 g/mol. The smallest absolute Gasteiger partial charge is 0.328 e. The Morgan fingerprint density at radius 3 is 2.00 bits per heavy atom. The molecule has 1 N–H and O–H groups in total. The van der Waals surface area contributed by atoms with Crippen molar-refractivity contribution in [3.63, 3.8) is 0 Å². The fraction of sp³-hybridized carbons (Fsp3) is 0.300. The lowest BCUT2D eigenvalue weighted by Gasteiger charge is -1.98. The lowest BCUT2D eigenvalue weighted by molar-refractivity contribution is -0.131. The minimum absolute atomic E-state index is 0.124. The molecule has 0 aromatic heterocycles. The summed E-state index contributed by atoms with van der Waals surface area (Å²) in [6.07, 6.45) is 2.41. The lowest BCUT2D eigenvalue weighted by atomic mass is 10.3. The van der Waals surface area contributed by atoms with E-state index in [-0.39, 0.29) is 6.10 Å². The van der Waals surface area contributed by atoms with E-state index in [1.807, 2.05) is 0 Å². The maximum absolute atomic E-state index is 9.88. The Bertz CT molecular complexity index is 139. The maximum atomic E-state index is 9.88. The fourth-order valence-electron chi connectivity index (χ4n) is 0.296. The number of rotatable bonds is 3. The van der Waals surface area contributed by atoms with Gasteiger partial charge in [0.1, 0.15) is 0 Å². The van der Waals surface area contributed by atoms with Gasteiger partial charge in [0.25, 0.3) is 0 Å². The van der Waals surface area contributed by atoms with Crippen molar-refractivity contribution in [2.24, 2.45) is 0 Å². The second kappa shape index (κ2) is 16.9. The Morgan fingerprint density at radius 2 is 1.77 bits per heavy atom. The van der Waals surface area contributed by atoms with Gasteiger partial charge in [-0.25, -0.2) is 4.79 Å². The van der Waals surface area contributed by atoms with Crippen LogP contribution in [0.5, 0.6) is 0 Å². The highest BCUT2D eigenvalue weighted by atomic mass is 16.5. The summed E-state index contributed by atoms with van der Waals surface area (Å²) >= 11 is 0. The molecule has 0 aromatic carbocycles. The van der Waals surface area contributed by atoms with Crippen LogP contribution in [-0.4, -0.2) is 24.3 Å². The zero-order chi connectivity index (χ0) is 11.3. The van der Waals surface area contributed by atoms with Gasteiger partial charge in [-0.3, -0.25) is 0 Å². The largest absolute Gasteiger partial charge is 0.478 e. The van der Waals surface area contributed by atoms with Crippen LogP contribution >= 0.6 is 0 Å². The number of hydrogen-bond acceptors (Lipinski definition) is 2. The first-order valence-electron chi connectivity index (χ1n) is 3.60. The van der Waals surface area contributed by atoms with Crippen LogP contribution in [0, 0.1) is 0 Å². The van der Waals surface area contributed by atoms with Crippen LogP contribution in [0.1, 0.15) is 6.92 Å². The molecule has 1 atom stereocenters. The minimum atomic E-state index is -0.945. The summed E-state index contributed by atoms with van der Waals surface area (Å²) in [5, 5.41) is 8.12. The SMILES string of the molecule is C=C.C=C.COC(C)C=CC(=O)O. The molecule has 0 aromatic rings. The second-order valence-corrected chi connectivity index (χ2v) is 1.64. The van der Waals surface area contributed by atoms with Gasteiger partial charge in [-0.2, -0.15) is 0 Å². The van der Waals surface area contributed by atoms with Gasteiger partial charge in [-0.05, 0) is 13.0 Å². The molecule has 0 rings (SSSR count). The zero-order valence-electron chi connectivity index (χ0n) is 8.32. The quantitative estimate of drug-likeness (QED) is 0.543. The summed E-state index contributed by atoms with van der Waals surface area (Å²) < 4.78 is 4.75. The first-order valence-corrected chi connectivity index (χ1v) is 3.60. The van der Waals surface area contributed by atoms with E-state index >= 15 is 0 Å². The molecule has 0 saturated carbocycles. The van der Waals surface area contributed by atoms with Crippen molar-refractivity contribution in [3.8, 4) is 0 Å². The van der Waals surface area contributed by atoms with Crippen molar-refractivity contribution >= 4 is 5.97 Å². The van der Waals surface area contributed by atoms with Crippen molar-refractivity contribution in [2.45, 2.75) is 13.0 Å². The minimum Gasteiger partial charge on any atom is -0.478 e. The third-order valence-corrected chi connectivity index (χ3v) is 0.882. The van der Waals surface area contributed by atoms with Crippen LogP contribution in [0.15, 0.2) is 38.5 Å². The Morgan fingerprint density at radius 1 is 1.38 bits per heavy atom.